The van der Waals surface area contributed by atoms with Crippen LogP contribution < -0.4 is 32.3 Å². The van der Waals surface area contributed by atoms with E-state index in [9.17, 15) is 28.8 Å². The number of ether oxygens (including phenoxy) is 1. The van der Waals surface area contributed by atoms with Gasteiger partial charge in [-0.15, -0.1) is 0 Å². The second kappa shape index (κ2) is 20.9. The first-order valence-electron chi connectivity index (χ1n) is 19.4. The Labute approximate surface area is 332 Å². The zero-order chi connectivity index (χ0) is 40.6. The Morgan fingerprint density at radius 2 is 1.75 bits per heavy atom. The van der Waals surface area contributed by atoms with E-state index in [-0.39, 0.29) is 58.0 Å². The van der Waals surface area contributed by atoms with E-state index in [1.807, 2.05) is 31.2 Å². The predicted molar refractivity (Wildman–Crippen MR) is 211 cm³/mol. The van der Waals surface area contributed by atoms with Gasteiger partial charge in [-0.1, -0.05) is 54.1 Å². The highest BCUT2D eigenvalue weighted by Gasteiger charge is 2.44. The molecule has 2 aliphatic rings. The minimum atomic E-state index is -1.09. The van der Waals surface area contributed by atoms with Crippen LogP contribution >= 0.6 is 0 Å². The van der Waals surface area contributed by atoms with E-state index in [0.717, 1.165) is 17.2 Å². The quantitative estimate of drug-likeness (QED) is 0.162. The third-order valence-corrected chi connectivity index (χ3v) is 10.1. The molecule has 7 N–H and O–H groups in total. The van der Waals surface area contributed by atoms with Gasteiger partial charge in [-0.2, -0.15) is 0 Å². The van der Waals surface area contributed by atoms with E-state index in [1.165, 1.54) is 12.3 Å². The summed E-state index contributed by atoms with van der Waals surface area (Å²) in [6, 6.07) is 16.4. The molecule has 1 aromatic heterocycles. The third-order valence-electron chi connectivity index (χ3n) is 10.1. The topological polar surface area (TPSA) is 214 Å². The number of furan rings is 1. The SMILES string of the molecule is Cc1ccc(C[C@@]23CCCN(C2)C(=O)/C=C/C(=O)NCC[C@@H](C(=O)NCCOCCN)NC(=O)Cc2ccccc2CNC(=O)[C@H](Cc2ccco2)NC3=O)cc1. The van der Waals surface area contributed by atoms with Gasteiger partial charge < -0.3 is 46.4 Å². The lowest BCUT2D eigenvalue weighted by atomic mass is 9.74. The Morgan fingerprint density at radius 3 is 2.51 bits per heavy atom. The smallest absolute Gasteiger partial charge is 0.246 e. The maximum absolute atomic E-state index is 14.6. The standard InChI is InChI=1S/C42H53N7O8/c1-29-9-11-30(12-10-29)26-42-16-5-20-49(28-42)38(52)14-13-36(50)44-18-15-34(39(53)45-19-23-56-22-17-43)47-37(51)24-31-6-2-3-7-32(31)27-46-40(54)35(48-41(42)55)25-33-8-4-21-57-33/h2-4,6-14,21,34-35H,5,15-20,22-28,43H2,1H3,(H,44,50)(H,45,53)(H,46,54)(H,47,51)(H,48,55)/b14-13+/t34-,35-,42-/m0/s1. The van der Waals surface area contributed by atoms with Crippen molar-refractivity contribution in [2.45, 2.75) is 64.1 Å². The number of aryl methyl sites for hydroxylation is 1. The number of carbonyl (C=O) groups is 6. The minimum absolute atomic E-state index is 0.0186. The van der Waals surface area contributed by atoms with E-state index in [1.54, 1.807) is 41.3 Å². The number of nitrogens with two attached hydrogens (primary N) is 1. The first kappa shape index (κ1) is 42.3. The van der Waals surface area contributed by atoms with Crippen molar-refractivity contribution in [2.24, 2.45) is 11.1 Å². The minimum Gasteiger partial charge on any atom is -0.469 e. The second-order valence-electron chi connectivity index (χ2n) is 14.5. The summed E-state index contributed by atoms with van der Waals surface area (Å²) < 4.78 is 10.9. The number of nitrogens with zero attached hydrogens (tertiary/aromatic N) is 1. The van der Waals surface area contributed by atoms with Crippen molar-refractivity contribution in [3.63, 3.8) is 0 Å². The molecule has 2 bridgehead atoms. The largest absolute Gasteiger partial charge is 0.469 e. The summed E-state index contributed by atoms with van der Waals surface area (Å²) in [6.45, 7) is 3.58. The zero-order valence-corrected chi connectivity index (χ0v) is 32.4. The molecular weight excluding hydrogens is 731 g/mol. The number of nitrogens with one attached hydrogen (secondary N) is 5. The average Bonchev–Trinajstić information content (AvgIpc) is 3.72. The molecule has 2 aliphatic heterocycles. The Morgan fingerprint density at radius 1 is 0.965 bits per heavy atom. The number of carbonyl (C=O) groups excluding carboxylic acids is 6. The number of fused-ring (bicyclic) bond motifs is 3. The lowest BCUT2D eigenvalue weighted by Gasteiger charge is -2.42. The Balaban J connectivity index is 1.44. The third kappa shape index (κ3) is 12.6. The summed E-state index contributed by atoms with van der Waals surface area (Å²) in [4.78, 5) is 83.2. The van der Waals surface area contributed by atoms with Crippen molar-refractivity contribution in [2.75, 3.05) is 45.9 Å². The van der Waals surface area contributed by atoms with Gasteiger partial charge in [-0.05, 0) is 61.4 Å². The van der Waals surface area contributed by atoms with Gasteiger partial charge in [0.05, 0.1) is 31.3 Å². The van der Waals surface area contributed by atoms with Crippen LogP contribution in [0, 0.1) is 12.3 Å². The highest BCUT2D eigenvalue weighted by atomic mass is 16.5. The number of rotatable bonds is 10. The maximum Gasteiger partial charge on any atom is 0.246 e. The maximum atomic E-state index is 14.6. The average molecular weight is 784 g/mol. The van der Waals surface area contributed by atoms with E-state index in [2.05, 4.69) is 26.6 Å². The summed E-state index contributed by atoms with van der Waals surface area (Å²) in [7, 11) is 0. The first-order chi connectivity index (χ1) is 27.5. The fourth-order valence-corrected chi connectivity index (χ4v) is 7.08. The molecule has 0 saturated carbocycles. The lowest BCUT2D eigenvalue weighted by Crippen LogP contribution is -2.58. The first-order valence-corrected chi connectivity index (χ1v) is 19.4. The Bertz CT molecular complexity index is 1880. The number of amides is 6. The molecule has 3 heterocycles. The van der Waals surface area contributed by atoms with Crippen LogP contribution in [-0.2, 0) is 59.3 Å². The molecule has 1 fully saturated rings. The predicted octanol–water partition coefficient (Wildman–Crippen LogP) is 0.978. The van der Waals surface area contributed by atoms with Crippen LogP contribution in [0.1, 0.15) is 47.3 Å². The van der Waals surface area contributed by atoms with Gasteiger partial charge >= 0.3 is 0 Å². The Hall–Kier alpha value is -5.80. The van der Waals surface area contributed by atoms with Crippen LogP contribution in [0.15, 0.2) is 83.5 Å². The molecule has 3 aromatic rings. The van der Waals surface area contributed by atoms with Gasteiger partial charge in [0.15, 0.2) is 0 Å². The molecule has 15 nitrogen and oxygen atoms in total. The number of hydrogen-bond donors (Lipinski definition) is 6. The molecule has 0 unspecified atom stereocenters. The number of hydrogen-bond acceptors (Lipinski definition) is 9. The van der Waals surface area contributed by atoms with Crippen LogP contribution in [0.5, 0.6) is 0 Å². The molecule has 5 rings (SSSR count). The van der Waals surface area contributed by atoms with Gasteiger partial charge in [0.2, 0.25) is 35.4 Å². The van der Waals surface area contributed by atoms with Crippen LogP contribution in [0.2, 0.25) is 0 Å². The van der Waals surface area contributed by atoms with Crippen molar-refractivity contribution in [3.8, 4) is 0 Å². The van der Waals surface area contributed by atoms with Crippen LogP contribution in [0.4, 0.5) is 0 Å². The fraction of sp³-hybridized carbons (Fsp3) is 0.429. The zero-order valence-electron chi connectivity index (χ0n) is 32.4. The summed E-state index contributed by atoms with van der Waals surface area (Å²) in [6.07, 6.45) is 5.10. The summed E-state index contributed by atoms with van der Waals surface area (Å²) in [5.74, 6) is -2.27. The summed E-state index contributed by atoms with van der Waals surface area (Å²) >= 11 is 0. The molecule has 6 amide bonds. The Kier molecular flexibility index (Phi) is 15.5. The van der Waals surface area contributed by atoms with Crippen LogP contribution in [0.3, 0.4) is 0 Å². The van der Waals surface area contributed by atoms with Crippen molar-refractivity contribution < 1.29 is 37.9 Å². The molecule has 15 heteroatoms. The van der Waals surface area contributed by atoms with Crippen molar-refractivity contribution in [1.29, 1.82) is 0 Å². The molecule has 0 radical (unpaired) electrons. The van der Waals surface area contributed by atoms with E-state index in [0.29, 0.717) is 55.8 Å². The van der Waals surface area contributed by atoms with Crippen molar-refractivity contribution in [1.82, 2.24) is 31.5 Å². The monoisotopic (exact) mass is 783 g/mol. The molecule has 2 aromatic carbocycles. The van der Waals surface area contributed by atoms with Gasteiger partial charge in [-0.25, -0.2) is 0 Å². The number of piperidine rings is 1. The molecule has 304 valence electrons. The molecule has 57 heavy (non-hydrogen) atoms. The van der Waals surface area contributed by atoms with Gasteiger partial charge in [0.1, 0.15) is 17.8 Å². The highest BCUT2D eigenvalue weighted by molar-refractivity contribution is 5.97. The second-order valence-corrected chi connectivity index (χ2v) is 14.5. The van der Waals surface area contributed by atoms with Crippen molar-refractivity contribution >= 4 is 35.4 Å². The molecule has 0 aliphatic carbocycles. The van der Waals surface area contributed by atoms with Gasteiger partial charge in [0.25, 0.3) is 0 Å². The van der Waals surface area contributed by atoms with E-state index >= 15 is 0 Å². The molecular formula is C42H53N7O8. The molecule has 3 atom stereocenters. The molecule has 0 spiro atoms. The fourth-order valence-electron chi connectivity index (χ4n) is 7.08. The number of benzene rings is 2. The molecule has 1 saturated heterocycles. The van der Waals surface area contributed by atoms with Crippen LogP contribution in [0.25, 0.3) is 0 Å². The normalized spacial score (nSPS) is 22.1. The van der Waals surface area contributed by atoms with E-state index < -0.39 is 47.0 Å². The van der Waals surface area contributed by atoms with Gasteiger partial charge in [-0.3, -0.25) is 28.8 Å². The summed E-state index contributed by atoms with van der Waals surface area (Å²) in [5, 5.41) is 14.2. The summed E-state index contributed by atoms with van der Waals surface area (Å²) in [5.41, 5.74) is 7.63. The lowest BCUT2D eigenvalue weighted by molar-refractivity contribution is -0.141. The van der Waals surface area contributed by atoms with Crippen molar-refractivity contribution in [3.05, 3.63) is 107 Å². The van der Waals surface area contributed by atoms with Crippen LogP contribution in [-0.4, -0.2) is 98.4 Å². The highest BCUT2D eigenvalue weighted by Crippen LogP contribution is 2.35. The van der Waals surface area contributed by atoms with Gasteiger partial charge in [0, 0.05) is 57.8 Å². The van der Waals surface area contributed by atoms with E-state index in [4.69, 9.17) is 14.9 Å².